The van der Waals surface area contributed by atoms with Crippen LogP contribution < -0.4 is 5.32 Å². The lowest BCUT2D eigenvalue weighted by atomic mass is 10.2. The maximum absolute atomic E-state index is 12.6. The zero-order valence-corrected chi connectivity index (χ0v) is 17.0. The molecular weight excluding hydrogens is 392 g/mol. The van der Waals surface area contributed by atoms with Crippen molar-refractivity contribution in [1.29, 1.82) is 0 Å². The second kappa shape index (κ2) is 7.73. The predicted molar refractivity (Wildman–Crippen MR) is 115 cm³/mol. The number of para-hydroxylation sites is 2. The molecule has 0 saturated carbocycles. The van der Waals surface area contributed by atoms with Crippen LogP contribution in [0.5, 0.6) is 0 Å². The molecule has 28 heavy (non-hydrogen) atoms. The van der Waals surface area contributed by atoms with Gasteiger partial charge in [-0.05, 0) is 30.7 Å². The van der Waals surface area contributed by atoms with Gasteiger partial charge in [-0.25, -0.2) is 4.98 Å². The minimum atomic E-state index is -0.484. The van der Waals surface area contributed by atoms with Gasteiger partial charge in [0.1, 0.15) is 5.25 Å². The van der Waals surface area contributed by atoms with Gasteiger partial charge in [0.05, 0.1) is 10.2 Å². The molecule has 6 nitrogen and oxygen atoms in total. The number of benzene rings is 2. The fourth-order valence-electron chi connectivity index (χ4n) is 2.87. The molecule has 1 N–H and O–H groups in total. The monoisotopic (exact) mass is 410 g/mol. The number of aliphatic imine (C=N–C) groups is 1. The van der Waals surface area contributed by atoms with Crippen LogP contribution in [-0.4, -0.2) is 39.2 Å². The number of aromatic nitrogens is 1. The highest BCUT2D eigenvalue weighted by atomic mass is 32.2. The van der Waals surface area contributed by atoms with E-state index in [0.29, 0.717) is 10.3 Å². The normalized spacial score (nSPS) is 18.2. The first-order valence-corrected chi connectivity index (χ1v) is 10.4. The highest BCUT2D eigenvalue weighted by molar-refractivity contribution is 8.15. The van der Waals surface area contributed by atoms with E-state index in [-0.39, 0.29) is 18.2 Å². The van der Waals surface area contributed by atoms with Crippen molar-refractivity contribution in [3.8, 4) is 0 Å². The summed E-state index contributed by atoms with van der Waals surface area (Å²) in [4.78, 5) is 35.5. The second-order valence-electron chi connectivity index (χ2n) is 6.43. The molecule has 142 valence electrons. The Hall–Kier alpha value is -2.71. The number of fused-ring (bicyclic) bond motifs is 1. The quantitative estimate of drug-likeness (QED) is 0.700. The van der Waals surface area contributed by atoms with E-state index < -0.39 is 5.25 Å². The molecule has 0 spiro atoms. The zero-order chi connectivity index (χ0) is 19.7. The van der Waals surface area contributed by atoms with Crippen molar-refractivity contribution >= 4 is 61.1 Å². The van der Waals surface area contributed by atoms with E-state index in [9.17, 15) is 9.59 Å². The molecule has 8 heteroatoms. The molecule has 2 heterocycles. The average Bonchev–Trinajstić information content (AvgIpc) is 3.20. The van der Waals surface area contributed by atoms with Gasteiger partial charge >= 0.3 is 0 Å². The summed E-state index contributed by atoms with van der Waals surface area (Å²) < 4.78 is 1.05. The van der Waals surface area contributed by atoms with Crippen molar-refractivity contribution in [2.45, 2.75) is 18.6 Å². The van der Waals surface area contributed by atoms with Crippen molar-refractivity contribution in [2.24, 2.45) is 4.99 Å². The van der Waals surface area contributed by atoms with Gasteiger partial charge in [0, 0.05) is 19.2 Å². The van der Waals surface area contributed by atoms with E-state index in [0.717, 1.165) is 21.5 Å². The number of anilines is 1. The highest BCUT2D eigenvalue weighted by Gasteiger charge is 2.37. The van der Waals surface area contributed by atoms with Crippen molar-refractivity contribution < 1.29 is 9.59 Å². The molecule has 2 amide bonds. The summed E-state index contributed by atoms with van der Waals surface area (Å²) in [6, 6.07) is 15.4. The lowest BCUT2D eigenvalue weighted by molar-refractivity contribution is -0.127. The minimum absolute atomic E-state index is 0.0983. The highest BCUT2D eigenvalue weighted by Crippen LogP contribution is 2.33. The van der Waals surface area contributed by atoms with Gasteiger partial charge in [-0.1, -0.05) is 53.4 Å². The molecule has 0 bridgehead atoms. The number of thioether (sulfide) groups is 1. The predicted octanol–water partition coefficient (Wildman–Crippen LogP) is 4.19. The molecule has 1 aromatic heterocycles. The number of nitrogens with zero attached hydrogens (tertiary/aromatic N) is 3. The van der Waals surface area contributed by atoms with Gasteiger partial charge in [0.25, 0.3) is 0 Å². The van der Waals surface area contributed by atoms with Gasteiger partial charge in [0.15, 0.2) is 5.17 Å². The van der Waals surface area contributed by atoms with Crippen LogP contribution in [0.2, 0.25) is 0 Å². The van der Waals surface area contributed by atoms with Crippen molar-refractivity contribution in [1.82, 2.24) is 9.88 Å². The Bertz CT molecular complexity index is 1060. The van der Waals surface area contributed by atoms with E-state index in [4.69, 9.17) is 0 Å². The van der Waals surface area contributed by atoms with E-state index in [2.05, 4.69) is 15.3 Å². The number of hydrogen-bond donors (Lipinski definition) is 1. The molecule has 1 fully saturated rings. The SMILES string of the molecule is Cc1ccccc1NC(=O)C[C@H]1SC(=Nc2nc3ccccc3s2)N(C)C1=O. The van der Waals surface area contributed by atoms with Crippen LogP contribution in [0.25, 0.3) is 10.2 Å². The van der Waals surface area contributed by atoms with Crippen LogP contribution in [0, 0.1) is 6.92 Å². The molecule has 1 aliphatic heterocycles. The summed E-state index contributed by atoms with van der Waals surface area (Å²) in [7, 11) is 1.68. The third-order valence-electron chi connectivity index (χ3n) is 4.40. The number of hydrogen-bond acceptors (Lipinski definition) is 6. The maximum atomic E-state index is 12.6. The second-order valence-corrected chi connectivity index (χ2v) is 8.61. The van der Waals surface area contributed by atoms with Gasteiger partial charge < -0.3 is 5.32 Å². The third-order valence-corrected chi connectivity index (χ3v) is 6.56. The Morgan fingerprint density at radius 1 is 1.21 bits per heavy atom. The fraction of sp³-hybridized carbons (Fsp3) is 0.200. The Morgan fingerprint density at radius 3 is 2.75 bits per heavy atom. The van der Waals surface area contributed by atoms with E-state index in [1.165, 1.54) is 28.0 Å². The molecule has 0 aliphatic carbocycles. The molecule has 1 saturated heterocycles. The Labute approximate surface area is 170 Å². The summed E-state index contributed by atoms with van der Waals surface area (Å²) in [6.07, 6.45) is 0.0983. The minimum Gasteiger partial charge on any atom is -0.326 e. The Morgan fingerprint density at radius 2 is 1.96 bits per heavy atom. The number of amidine groups is 1. The van der Waals surface area contributed by atoms with Crippen LogP contribution in [0.1, 0.15) is 12.0 Å². The number of carbonyl (C=O) groups is 2. The molecule has 4 rings (SSSR count). The van der Waals surface area contributed by atoms with Crippen molar-refractivity contribution in [3.63, 3.8) is 0 Å². The molecule has 0 radical (unpaired) electrons. The summed E-state index contributed by atoms with van der Waals surface area (Å²) in [5.41, 5.74) is 2.63. The lowest BCUT2D eigenvalue weighted by Gasteiger charge is -2.10. The van der Waals surface area contributed by atoms with Crippen LogP contribution in [0.3, 0.4) is 0 Å². The van der Waals surface area contributed by atoms with Gasteiger partial charge in [-0.3, -0.25) is 14.5 Å². The molecular formula is C20H18N4O2S2. The first-order valence-electron chi connectivity index (χ1n) is 8.75. The van der Waals surface area contributed by atoms with E-state index >= 15 is 0 Å². The molecule has 0 unspecified atom stereocenters. The zero-order valence-electron chi connectivity index (χ0n) is 15.4. The summed E-state index contributed by atoms with van der Waals surface area (Å²) in [6.45, 7) is 1.93. The van der Waals surface area contributed by atoms with Gasteiger partial charge in [-0.2, -0.15) is 4.99 Å². The molecule has 1 aliphatic rings. The van der Waals surface area contributed by atoms with Crippen LogP contribution >= 0.6 is 23.1 Å². The van der Waals surface area contributed by atoms with Crippen LogP contribution in [0.15, 0.2) is 53.5 Å². The number of carbonyl (C=O) groups excluding carboxylic acids is 2. The van der Waals surface area contributed by atoms with Crippen LogP contribution in [0.4, 0.5) is 10.8 Å². The number of nitrogens with one attached hydrogen (secondary N) is 1. The largest absolute Gasteiger partial charge is 0.326 e. The number of amides is 2. The topological polar surface area (TPSA) is 74.7 Å². The maximum Gasteiger partial charge on any atom is 0.242 e. The molecule has 2 aromatic carbocycles. The van der Waals surface area contributed by atoms with Crippen molar-refractivity contribution in [2.75, 3.05) is 12.4 Å². The summed E-state index contributed by atoms with van der Waals surface area (Å²) >= 11 is 2.78. The number of rotatable bonds is 4. The lowest BCUT2D eigenvalue weighted by Crippen LogP contribution is -2.30. The fourth-order valence-corrected chi connectivity index (χ4v) is 4.90. The van der Waals surface area contributed by atoms with Gasteiger partial charge in [0.2, 0.25) is 16.9 Å². The standard InChI is InChI=1S/C20H18N4O2S2/c1-12-7-3-4-8-13(12)21-17(25)11-16-18(26)24(2)20(28-16)23-19-22-14-9-5-6-10-15(14)27-19/h3-10,16H,11H2,1-2H3,(H,21,25)/t16-/m1/s1. The van der Waals surface area contributed by atoms with E-state index in [1.807, 2.05) is 55.5 Å². The smallest absolute Gasteiger partial charge is 0.242 e. The Kier molecular flexibility index (Phi) is 5.15. The first-order chi connectivity index (χ1) is 13.5. The first kappa shape index (κ1) is 18.6. The Balaban J connectivity index is 1.47. The summed E-state index contributed by atoms with van der Waals surface area (Å²) in [5, 5.41) is 3.57. The van der Waals surface area contributed by atoms with E-state index in [1.54, 1.807) is 7.05 Å². The summed E-state index contributed by atoms with van der Waals surface area (Å²) in [5.74, 6) is -0.306. The van der Waals surface area contributed by atoms with Crippen LogP contribution in [-0.2, 0) is 9.59 Å². The molecule has 1 atom stereocenters. The van der Waals surface area contributed by atoms with Crippen molar-refractivity contribution in [3.05, 3.63) is 54.1 Å². The number of aryl methyl sites for hydroxylation is 1. The van der Waals surface area contributed by atoms with Gasteiger partial charge in [-0.15, -0.1) is 0 Å². The average molecular weight is 411 g/mol. The number of thiazole rings is 1. The third kappa shape index (κ3) is 3.79. The molecule has 3 aromatic rings.